The van der Waals surface area contributed by atoms with Crippen molar-refractivity contribution >= 4 is 23.4 Å². The summed E-state index contributed by atoms with van der Waals surface area (Å²) in [5.41, 5.74) is 1.79. The largest absolute Gasteiger partial charge is 0.492 e. The molecule has 0 aliphatic rings. The highest BCUT2D eigenvalue weighted by atomic mass is 32.2. The molecule has 0 spiro atoms. The number of thioether (sulfide) groups is 1. The van der Waals surface area contributed by atoms with E-state index in [0.29, 0.717) is 12.4 Å². The molecule has 20 heavy (non-hydrogen) atoms. The third-order valence-electron chi connectivity index (χ3n) is 2.13. The average Bonchev–Trinajstić information content (AvgIpc) is 2.36. The first-order valence-corrected chi connectivity index (χ1v) is 6.72. The van der Waals surface area contributed by atoms with E-state index in [1.807, 2.05) is 0 Å². The van der Waals surface area contributed by atoms with Crippen LogP contribution in [0.5, 0.6) is 5.75 Å². The van der Waals surface area contributed by atoms with Crippen LogP contribution in [0.2, 0.25) is 0 Å². The zero-order valence-electron chi connectivity index (χ0n) is 10.7. The molecule has 4 nitrogen and oxygen atoms in total. The average molecular weight is 309 g/mol. The number of carbonyl (C=O) groups excluding carboxylic acids is 1. The lowest BCUT2D eigenvalue weighted by atomic mass is 10.2. The Balaban J connectivity index is 2.49. The van der Waals surface area contributed by atoms with Gasteiger partial charge in [-0.15, -0.1) is 0 Å². The van der Waals surface area contributed by atoms with Gasteiger partial charge in [-0.2, -0.15) is 13.2 Å². The molecule has 8 heteroatoms. The topological polar surface area (TPSA) is 61.5 Å². The van der Waals surface area contributed by atoms with Crippen LogP contribution in [0, 0.1) is 0 Å². The van der Waals surface area contributed by atoms with Crippen LogP contribution in [0.3, 0.4) is 0 Å². The number of alkyl halides is 3. The number of nitrogen functional groups attached to an aromatic ring is 1. The first kappa shape index (κ1) is 16.5. The van der Waals surface area contributed by atoms with Gasteiger partial charge in [-0.05, 0) is 36.9 Å². The maximum Gasteiger partial charge on any atom is 0.441 e. The van der Waals surface area contributed by atoms with E-state index in [9.17, 15) is 18.0 Å². The maximum atomic E-state index is 11.9. The summed E-state index contributed by atoms with van der Waals surface area (Å²) in [6.07, 6.45) is 0. The van der Waals surface area contributed by atoms with Crippen molar-refractivity contribution < 1.29 is 27.4 Å². The Morgan fingerprint density at radius 3 is 2.65 bits per heavy atom. The van der Waals surface area contributed by atoms with E-state index in [-0.39, 0.29) is 35.4 Å². The lowest BCUT2D eigenvalue weighted by molar-refractivity contribution is -0.0331. The quantitative estimate of drug-likeness (QED) is 0.497. The van der Waals surface area contributed by atoms with Crippen LogP contribution in [0.4, 0.5) is 18.9 Å². The van der Waals surface area contributed by atoms with Gasteiger partial charge in [-0.3, -0.25) is 0 Å². The normalized spacial score (nSPS) is 11.2. The molecule has 1 aromatic carbocycles. The van der Waals surface area contributed by atoms with Crippen molar-refractivity contribution in [3.63, 3.8) is 0 Å². The van der Waals surface area contributed by atoms with Crippen molar-refractivity contribution in [3.05, 3.63) is 23.8 Å². The molecular weight excluding hydrogens is 295 g/mol. The van der Waals surface area contributed by atoms with E-state index in [2.05, 4.69) is 0 Å². The van der Waals surface area contributed by atoms with Gasteiger partial charge in [0.1, 0.15) is 12.4 Å². The molecule has 1 rings (SSSR count). The Morgan fingerprint density at radius 1 is 1.40 bits per heavy atom. The molecule has 0 fully saturated rings. The molecule has 2 N–H and O–H groups in total. The number of benzene rings is 1. The third-order valence-corrected chi connectivity index (χ3v) is 2.83. The van der Waals surface area contributed by atoms with Crippen LogP contribution in [0.25, 0.3) is 0 Å². The highest BCUT2D eigenvalue weighted by Crippen LogP contribution is 2.29. The second kappa shape index (κ2) is 7.28. The van der Waals surface area contributed by atoms with Crippen LogP contribution >= 0.6 is 11.8 Å². The van der Waals surface area contributed by atoms with E-state index in [4.69, 9.17) is 15.2 Å². The van der Waals surface area contributed by atoms with Crippen molar-refractivity contribution in [2.45, 2.75) is 12.4 Å². The minimum Gasteiger partial charge on any atom is -0.492 e. The molecule has 0 heterocycles. The van der Waals surface area contributed by atoms with Gasteiger partial charge in [-0.1, -0.05) is 0 Å². The molecule has 0 aliphatic heterocycles. The second-order valence-electron chi connectivity index (χ2n) is 3.62. The molecule has 0 atom stereocenters. The van der Waals surface area contributed by atoms with Gasteiger partial charge in [-0.25, -0.2) is 4.79 Å². The number of rotatable bonds is 6. The highest BCUT2D eigenvalue weighted by molar-refractivity contribution is 8.00. The molecule has 0 saturated heterocycles. The summed E-state index contributed by atoms with van der Waals surface area (Å²) < 4.78 is 45.5. The summed E-state index contributed by atoms with van der Waals surface area (Å²) in [6.45, 7) is 1.90. The molecule has 0 amide bonds. The van der Waals surface area contributed by atoms with E-state index < -0.39 is 11.5 Å². The molecule has 0 aromatic heterocycles. The summed E-state index contributed by atoms with van der Waals surface area (Å²) in [4.78, 5) is 11.6. The van der Waals surface area contributed by atoms with Gasteiger partial charge in [0.15, 0.2) is 0 Å². The Bertz CT molecular complexity index is 466. The van der Waals surface area contributed by atoms with E-state index in [1.54, 1.807) is 6.92 Å². The number of halogens is 3. The Kier molecular flexibility index (Phi) is 6.00. The molecule has 0 radical (unpaired) electrons. The highest BCUT2D eigenvalue weighted by Gasteiger charge is 2.27. The molecule has 1 aromatic rings. The molecular formula is C12H14F3NO3S. The molecule has 0 bridgehead atoms. The minimum absolute atomic E-state index is 0.169. The fourth-order valence-electron chi connectivity index (χ4n) is 1.34. The van der Waals surface area contributed by atoms with Crippen LogP contribution in [0.1, 0.15) is 17.3 Å². The first-order chi connectivity index (χ1) is 9.33. The molecule has 0 aliphatic carbocycles. The molecule has 0 saturated carbocycles. The summed E-state index contributed by atoms with van der Waals surface area (Å²) in [6, 6.07) is 4.32. The smallest absolute Gasteiger partial charge is 0.441 e. The summed E-state index contributed by atoms with van der Waals surface area (Å²) in [7, 11) is 0. The third kappa shape index (κ3) is 5.60. The van der Waals surface area contributed by atoms with Crippen molar-refractivity contribution in [1.82, 2.24) is 0 Å². The first-order valence-electron chi connectivity index (χ1n) is 5.73. The van der Waals surface area contributed by atoms with Gasteiger partial charge in [0.05, 0.1) is 17.9 Å². The number of nitrogens with two attached hydrogens (primary N) is 1. The fourth-order valence-corrected chi connectivity index (χ4v) is 1.74. The number of ether oxygens (including phenoxy) is 2. The van der Waals surface area contributed by atoms with Crippen LogP contribution in [-0.4, -0.2) is 30.4 Å². The van der Waals surface area contributed by atoms with Gasteiger partial charge >= 0.3 is 11.5 Å². The summed E-state index contributed by atoms with van der Waals surface area (Å²) >= 11 is -0.239. The van der Waals surface area contributed by atoms with Crippen LogP contribution in [-0.2, 0) is 4.74 Å². The van der Waals surface area contributed by atoms with E-state index in [0.717, 1.165) is 0 Å². The lowest BCUT2D eigenvalue weighted by Gasteiger charge is -2.09. The zero-order chi connectivity index (χ0) is 15.2. The maximum absolute atomic E-state index is 11.9. The zero-order valence-corrected chi connectivity index (χ0v) is 11.5. The van der Waals surface area contributed by atoms with E-state index >= 15 is 0 Å². The molecule has 0 unspecified atom stereocenters. The summed E-state index contributed by atoms with van der Waals surface area (Å²) in [5.74, 6) is -0.624. The number of anilines is 1. The fraction of sp³-hybridized carbons (Fsp3) is 0.417. The van der Waals surface area contributed by atoms with Gasteiger partial charge in [0, 0.05) is 5.75 Å². The minimum atomic E-state index is -4.32. The molecule has 112 valence electrons. The van der Waals surface area contributed by atoms with Crippen LogP contribution in [0.15, 0.2) is 18.2 Å². The SMILES string of the molecule is CCOc1ccc(C(=O)OCCSC(F)(F)F)cc1N. The summed E-state index contributed by atoms with van der Waals surface area (Å²) in [5, 5.41) is 0. The van der Waals surface area contributed by atoms with Crippen molar-refractivity contribution in [2.24, 2.45) is 0 Å². The van der Waals surface area contributed by atoms with E-state index in [1.165, 1.54) is 18.2 Å². The van der Waals surface area contributed by atoms with Crippen molar-refractivity contribution in [3.8, 4) is 5.75 Å². The van der Waals surface area contributed by atoms with Crippen LogP contribution < -0.4 is 10.5 Å². The number of carbonyl (C=O) groups is 1. The van der Waals surface area contributed by atoms with Crippen molar-refractivity contribution in [2.75, 3.05) is 24.7 Å². The number of hydrogen-bond acceptors (Lipinski definition) is 5. The predicted molar refractivity (Wildman–Crippen MR) is 70.8 cm³/mol. The number of esters is 1. The Labute approximate surface area is 118 Å². The van der Waals surface area contributed by atoms with Gasteiger partial charge in [0.25, 0.3) is 0 Å². The lowest BCUT2D eigenvalue weighted by Crippen LogP contribution is -2.11. The monoisotopic (exact) mass is 309 g/mol. The number of hydrogen-bond donors (Lipinski definition) is 1. The standard InChI is InChI=1S/C12H14F3NO3S/c1-2-18-10-4-3-8(7-9(10)16)11(17)19-5-6-20-12(13,14)15/h3-4,7H,2,5-6,16H2,1H3. The van der Waals surface area contributed by atoms with Gasteiger partial charge < -0.3 is 15.2 Å². The van der Waals surface area contributed by atoms with Gasteiger partial charge in [0.2, 0.25) is 0 Å². The van der Waals surface area contributed by atoms with Crippen molar-refractivity contribution in [1.29, 1.82) is 0 Å². The Hall–Kier alpha value is -1.57. The Morgan fingerprint density at radius 2 is 2.10 bits per heavy atom. The second-order valence-corrected chi connectivity index (χ2v) is 4.78. The predicted octanol–water partition coefficient (Wildman–Crippen LogP) is 3.08.